The minimum atomic E-state index is -0.597. The molecule has 4 nitrogen and oxygen atoms in total. The second kappa shape index (κ2) is 10.9. The quantitative estimate of drug-likeness (QED) is 0.668. The molecule has 0 saturated carbocycles. The monoisotopic (exact) mass is 400 g/mol. The number of nitrogens with zero attached hydrogens (tertiary/aromatic N) is 1. The second-order valence-electron chi connectivity index (χ2n) is 6.99. The molecule has 150 valence electrons. The molecular formula is C23H29ClN2O2. The number of halogens is 1. The third-order valence-corrected chi connectivity index (χ3v) is 5.24. The molecule has 28 heavy (non-hydrogen) atoms. The lowest BCUT2D eigenvalue weighted by atomic mass is 10.0. The number of benzene rings is 2. The highest BCUT2D eigenvalue weighted by atomic mass is 35.5. The molecular weight excluding hydrogens is 372 g/mol. The van der Waals surface area contributed by atoms with E-state index in [9.17, 15) is 9.59 Å². The maximum absolute atomic E-state index is 13.1. The smallest absolute Gasteiger partial charge is 0.243 e. The van der Waals surface area contributed by atoms with Crippen molar-refractivity contribution < 1.29 is 9.59 Å². The molecule has 2 atom stereocenters. The molecule has 0 saturated heterocycles. The van der Waals surface area contributed by atoms with Crippen molar-refractivity contribution in [2.75, 3.05) is 0 Å². The standard InChI is InChI=1S/C23H29ClN2O2/c1-4-17(3)25-23(28)21(15-18-11-7-6-8-12-18)26(22(27)5-2)16-19-13-9-10-14-20(19)24/h6-14,17,21H,4-5,15-16H2,1-3H3,(H,25,28)/t17-,21+/m0/s1. The maximum atomic E-state index is 13.1. The van der Waals surface area contributed by atoms with Gasteiger partial charge in [0.05, 0.1) is 0 Å². The van der Waals surface area contributed by atoms with Crippen LogP contribution in [0.5, 0.6) is 0 Å². The fourth-order valence-corrected chi connectivity index (χ4v) is 3.20. The van der Waals surface area contributed by atoms with Gasteiger partial charge in [0.15, 0.2) is 0 Å². The molecule has 0 aliphatic heterocycles. The number of nitrogens with one attached hydrogen (secondary N) is 1. The van der Waals surface area contributed by atoms with Crippen molar-refractivity contribution in [3.63, 3.8) is 0 Å². The average Bonchev–Trinajstić information content (AvgIpc) is 2.71. The summed E-state index contributed by atoms with van der Waals surface area (Å²) in [5.74, 6) is -0.202. The molecule has 2 amide bonds. The normalized spacial score (nSPS) is 12.9. The van der Waals surface area contributed by atoms with E-state index in [-0.39, 0.29) is 17.9 Å². The molecule has 0 aliphatic carbocycles. The van der Waals surface area contributed by atoms with Gasteiger partial charge in [0.1, 0.15) is 6.04 Å². The van der Waals surface area contributed by atoms with Crippen LogP contribution in [0.25, 0.3) is 0 Å². The van der Waals surface area contributed by atoms with Crippen LogP contribution in [-0.4, -0.2) is 28.8 Å². The van der Waals surface area contributed by atoms with Crippen LogP contribution >= 0.6 is 11.6 Å². The molecule has 2 rings (SSSR count). The van der Waals surface area contributed by atoms with Crippen molar-refractivity contribution in [2.45, 2.75) is 58.7 Å². The average molecular weight is 401 g/mol. The molecule has 0 unspecified atom stereocenters. The molecule has 0 aromatic heterocycles. The van der Waals surface area contributed by atoms with Gasteiger partial charge in [-0.05, 0) is 30.5 Å². The van der Waals surface area contributed by atoms with E-state index in [1.807, 2.05) is 69.3 Å². The van der Waals surface area contributed by atoms with Gasteiger partial charge in [0.25, 0.3) is 0 Å². The molecule has 0 radical (unpaired) electrons. The molecule has 2 aromatic carbocycles. The van der Waals surface area contributed by atoms with Gasteiger partial charge in [-0.2, -0.15) is 0 Å². The molecule has 2 aromatic rings. The first-order chi connectivity index (χ1) is 13.5. The lowest BCUT2D eigenvalue weighted by Crippen LogP contribution is -2.52. The first-order valence-corrected chi connectivity index (χ1v) is 10.2. The van der Waals surface area contributed by atoms with Crippen LogP contribution in [0.4, 0.5) is 0 Å². The molecule has 5 heteroatoms. The van der Waals surface area contributed by atoms with Gasteiger partial charge in [-0.3, -0.25) is 9.59 Å². The van der Waals surface area contributed by atoms with Gasteiger partial charge in [-0.15, -0.1) is 0 Å². The second-order valence-corrected chi connectivity index (χ2v) is 7.40. The Labute approximate surface area is 172 Å². The SMILES string of the molecule is CCC(=O)N(Cc1ccccc1Cl)[C@H](Cc1ccccc1)C(=O)N[C@@H](C)CC. The van der Waals surface area contributed by atoms with Crippen LogP contribution < -0.4 is 5.32 Å². The minimum Gasteiger partial charge on any atom is -0.352 e. The van der Waals surface area contributed by atoms with Crippen LogP contribution in [0, 0.1) is 0 Å². The van der Waals surface area contributed by atoms with E-state index in [4.69, 9.17) is 11.6 Å². The lowest BCUT2D eigenvalue weighted by molar-refractivity contribution is -0.141. The summed E-state index contributed by atoms with van der Waals surface area (Å²) in [6, 6.07) is 16.7. The first-order valence-electron chi connectivity index (χ1n) is 9.83. The minimum absolute atomic E-state index is 0.0460. The Morgan fingerprint density at radius 1 is 1.04 bits per heavy atom. The largest absolute Gasteiger partial charge is 0.352 e. The summed E-state index contributed by atoms with van der Waals surface area (Å²) in [5.41, 5.74) is 1.85. The van der Waals surface area contributed by atoms with E-state index in [0.717, 1.165) is 17.5 Å². The van der Waals surface area contributed by atoms with Gasteiger partial charge < -0.3 is 10.2 Å². The number of amides is 2. The zero-order chi connectivity index (χ0) is 20.5. The van der Waals surface area contributed by atoms with E-state index >= 15 is 0 Å². The van der Waals surface area contributed by atoms with E-state index in [0.29, 0.717) is 24.4 Å². The van der Waals surface area contributed by atoms with Crippen molar-refractivity contribution in [3.05, 3.63) is 70.7 Å². The zero-order valence-electron chi connectivity index (χ0n) is 16.8. The Kier molecular flexibility index (Phi) is 8.52. The van der Waals surface area contributed by atoms with Crippen LogP contribution in [0.3, 0.4) is 0 Å². The number of carbonyl (C=O) groups is 2. The molecule has 0 aliphatic rings. The van der Waals surface area contributed by atoms with Crippen molar-refractivity contribution in [1.82, 2.24) is 10.2 Å². The first kappa shape index (κ1) is 22.0. The highest BCUT2D eigenvalue weighted by Gasteiger charge is 2.30. The maximum Gasteiger partial charge on any atom is 0.243 e. The molecule has 0 spiro atoms. The fourth-order valence-electron chi connectivity index (χ4n) is 3.01. The van der Waals surface area contributed by atoms with Crippen LogP contribution in [0.1, 0.15) is 44.7 Å². The van der Waals surface area contributed by atoms with Crippen LogP contribution in [-0.2, 0) is 22.6 Å². The Morgan fingerprint density at radius 2 is 1.68 bits per heavy atom. The predicted molar refractivity (Wildman–Crippen MR) is 114 cm³/mol. The summed E-state index contributed by atoms with van der Waals surface area (Å²) in [6.45, 7) is 6.11. The van der Waals surface area contributed by atoms with E-state index < -0.39 is 6.04 Å². The highest BCUT2D eigenvalue weighted by molar-refractivity contribution is 6.31. The molecule has 0 fully saturated rings. The number of hydrogen-bond acceptors (Lipinski definition) is 2. The van der Waals surface area contributed by atoms with Gasteiger partial charge in [0, 0.05) is 30.5 Å². The van der Waals surface area contributed by atoms with Crippen molar-refractivity contribution in [2.24, 2.45) is 0 Å². The summed E-state index contributed by atoms with van der Waals surface area (Å²) in [7, 11) is 0. The van der Waals surface area contributed by atoms with Crippen molar-refractivity contribution in [3.8, 4) is 0 Å². The lowest BCUT2D eigenvalue weighted by Gasteiger charge is -2.32. The van der Waals surface area contributed by atoms with E-state index in [1.165, 1.54) is 0 Å². The number of hydrogen-bond donors (Lipinski definition) is 1. The third kappa shape index (κ3) is 6.10. The van der Waals surface area contributed by atoms with Gasteiger partial charge in [0.2, 0.25) is 11.8 Å². The summed E-state index contributed by atoms with van der Waals surface area (Å²) in [6.07, 6.45) is 1.61. The fraction of sp³-hybridized carbons (Fsp3) is 0.391. The van der Waals surface area contributed by atoms with Gasteiger partial charge in [-0.1, -0.05) is 74.0 Å². The van der Waals surface area contributed by atoms with Crippen LogP contribution in [0.2, 0.25) is 5.02 Å². The van der Waals surface area contributed by atoms with Crippen molar-refractivity contribution >= 4 is 23.4 Å². The number of carbonyl (C=O) groups excluding carboxylic acids is 2. The molecule has 0 heterocycles. The van der Waals surface area contributed by atoms with E-state index in [1.54, 1.807) is 11.0 Å². The van der Waals surface area contributed by atoms with Gasteiger partial charge >= 0.3 is 0 Å². The van der Waals surface area contributed by atoms with Crippen molar-refractivity contribution in [1.29, 1.82) is 0 Å². The highest BCUT2D eigenvalue weighted by Crippen LogP contribution is 2.21. The Balaban J connectivity index is 2.37. The summed E-state index contributed by atoms with van der Waals surface area (Å²) < 4.78 is 0. The van der Waals surface area contributed by atoms with E-state index in [2.05, 4.69) is 5.32 Å². The topological polar surface area (TPSA) is 49.4 Å². The zero-order valence-corrected chi connectivity index (χ0v) is 17.6. The Hall–Kier alpha value is -2.33. The predicted octanol–water partition coefficient (Wildman–Crippen LogP) is 4.60. The van der Waals surface area contributed by atoms with Gasteiger partial charge in [-0.25, -0.2) is 0 Å². The summed E-state index contributed by atoms with van der Waals surface area (Å²) in [4.78, 5) is 27.6. The van der Waals surface area contributed by atoms with Crippen LogP contribution in [0.15, 0.2) is 54.6 Å². The third-order valence-electron chi connectivity index (χ3n) is 4.87. The summed E-state index contributed by atoms with van der Waals surface area (Å²) in [5, 5.41) is 3.64. The Morgan fingerprint density at radius 3 is 2.29 bits per heavy atom. The number of rotatable bonds is 9. The molecule has 1 N–H and O–H groups in total. The molecule has 0 bridgehead atoms. The Bertz CT molecular complexity index is 779. The summed E-state index contributed by atoms with van der Waals surface area (Å²) >= 11 is 6.33.